The zero-order valence-corrected chi connectivity index (χ0v) is 15.5. The molecule has 1 aliphatic heterocycles. The van der Waals surface area contributed by atoms with Crippen molar-refractivity contribution < 1.29 is 19.4 Å². The van der Waals surface area contributed by atoms with Crippen LogP contribution in [-0.4, -0.2) is 58.0 Å². The van der Waals surface area contributed by atoms with E-state index in [4.69, 9.17) is 9.47 Å². The molecule has 1 aromatic carbocycles. The fourth-order valence-electron chi connectivity index (χ4n) is 3.29. The van der Waals surface area contributed by atoms with Gasteiger partial charge in [-0.05, 0) is 31.4 Å². The van der Waals surface area contributed by atoms with Crippen molar-refractivity contribution in [3.63, 3.8) is 0 Å². The molecule has 8 heteroatoms. The van der Waals surface area contributed by atoms with Crippen LogP contribution in [0.5, 0.6) is 0 Å². The molecule has 1 saturated heterocycles. The molecule has 3 rings (SSSR count). The summed E-state index contributed by atoms with van der Waals surface area (Å²) in [5, 5.41) is 20.8. The summed E-state index contributed by atoms with van der Waals surface area (Å²) in [7, 11) is 1.62. The molecule has 146 valence electrons. The van der Waals surface area contributed by atoms with E-state index in [1.807, 2.05) is 24.4 Å². The number of hydrogen-bond donors (Lipinski definition) is 2. The van der Waals surface area contributed by atoms with E-state index in [1.54, 1.807) is 23.9 Å². The Labute approximate surface area is 158 Å². The summed E-state index contributed by atoms with van der Waals surface area (Å²) in [6.45, 7) is 0.993. The zero-order chi connectivity index (χ0) is 19.1. The molecule has 2 heterocycles. The third-order valence-corrected chi connectivity index (χ3v) is 4.71. The molecular formula is C19H26N4O4. The van der Waals surface area contributed by atoms with E-state index < -0.39 is 6.10 Å². The second kappa shape index (κ2) is 9.59. The Morgan fingerprint density at radius 2 is 2.19 bits per heavy atom. The number of methoxy groups -OCH3 is 1. The van der Waals surface area contributed by atoms with Crippen molar-refractivity contribution >= 4 is 5.91 Å². The van der Waals surface area contributed by atoms with Crippen LogP contribution in [0.4, 0.5) is 0 Å². The summed E-state index contributed by atoms with van der Waals surface area (Å²) in [4.78, 5) is 12.3. The molecule has 1 fully saturated rings. The van der Waals surface area contributed by atoms with Gasteiger partial charge in [0.05, 0.1) is 31.6 Å². The zero-order valence-electron chi connectivity index (χ0n) is 15.5. The van der Waals surface area contributed by atoms with E-state index in [0.717, 1.165) is 25.0 Å². The van der Waals surface area contributed by atoms with Gasteiger partial charge >= 0.3 is 0 Å². The monoisotopic (exact) mass is 374 g/mol. The van der Waals surface area contributed by atoms with Crippen LogP contribution >= 0.6 is 0 Å². The Kier molecular flexibility index (Phi) is 6.92. The highest BCUT2D eigenvalue weighted by atomic mass is 16.5. The van der Waals surface area contributed by atoms with Gasteiger partial charge in [0.25, 0.3) is 5.91 Å². The second-order valence-corrected chi connectivity index (χ2v) is 6.70. The number of aromatic nitrogens is 3. The van der Waals surface area contributed by atoms with E-state index in [0.29, 0.717) is 18.7 Å². The third kappa shape index (κ3) is 5.35. The Morgan fingerprint density at radius 3 is 2.93 bits per heavy atom. The van der Waals surface area contributed by atoms with Crippen LogP contribution in [0.3, 0.4) is 0 Å². The third-order valence-electron chi connectivity index (χ3n) is 4.71. The molecule has 1 aromatic heterocycles. The predicted molar refractivity (Wildman–Crippen MR) is 98.0 cm³/mol. The number of carbonyl (C=O) groups is 1. The minimum Gasteiger partial charge on any atom is -0.394 e. The lowest BCUT2D eigenvalue weighted by Crippen LogP contribution is -2.51. The number of nitrogens with zero attached hydrogens (tertiary/aromatic N) is 3. The van der Waals surface area contributed by atoms with E-state index in [1.165, 1.54) is 0 Å². The lowest BCUT2D eigenvalue weighted by molar-refractivity contribution is -0.0912. The molecule has 0 unspecified atom stereocenters. The Hall–Kier alpha value is -2.29. The lowest BCUT2D eigenvalue weighted by atomic mass is 9.96. The van der Waals surface area contributed by atoms with Crippen LogP contribution < -0.4 is 5.32 Å². The Morgan fingerprint density at radius 1 is 1.37 bits per heavy atom. The number of carbonyl (C=O) groups excluding carboxylic acids is 1. The maximum atomic E-state index is 12.3. The van der Waals surface area contributed by atoms with Gasteiger partial charge in [-0.15, -0.1) is 5.10 Å². The summed E-state index contributed by atoms with van der Waals surface area (Å²) in [5.74, 6) is -0.144. The van der Waals surface area contributed by atoms with Crippen molar-refractivity contribution in [2.45, 2.75) is 50.7 Å². The fraction of sp³-hybridized carbons (Fsp3) is 0.526. The number of aliphatic hydroxyl groups is 1. The van der Waals surface area contributed by atoms with Crippen LogP contribution in [0.15, 0.2) is 36.5 Å². The lowest BCUT2D eigenvalue weighted by Gasteiger charge is -2.36. The largest absolute Gasteiger partial charge is 0.394 e. The van der Waals surface area contributed by atoms with Crippen molar-refractivity contribution in [3.05, 3.63) is 47.8 Å². The van der Waals surface area contributed by atoms with Gasteiger partial charge in [0.2, 0.25) is 0 Å². The number of aliphatic hydroxyl groups excluding tert-OH is 1. The van der Waals surface area contributed by atoms with E-state index in [2.05, 4.69) is 15.6 Å². The van der Waals surface area contributed by atoms with Crippen LogP contribution in [-0.2, 0) is 22.6 Å². The first kappa shape index (κ1) is 19.5. The van der Waals surface area contributed by atoms with E-state index >= 15 is 0 Å². The molecule has 2 N–H and O–H groups in total. The van der Waals surface area contributed by atoms with E-state index in [-0.39, 0.29) is 24.7 Å². The maximum absolute atomic E-state index is 12.3. The smallest absolute Gasteiger partial charge is 0.251 e. The molecule has 0 aliphatic carbocycles. The van der Waals surface area contributed by atoms with Crippen LogP contribution in [0.1, 0.15) is 35.3 Å². The van der Waals surface area contributed by atoms with Crippen LogP contribution in [0.25, 0.3) is 0 Å². The maximum Gasteiger partial charge on any atom is 0.251 e. The average Bonchev–Trinajstić information content (AvgIpc) is 3.15. The van der Waals surface area contributed by atoms with Gasteiger partial charge in [0, 0.05) is 19.2 Å². The standard InChI is InChI=1S/C19H26N4O4/c1-26-13-15-11-23(22-21-15)10-9-16-7-8-17(18(12-24)27-16)20-19(25)14-5-3-2-4-6-14/h2-6,11,16-18,24H,7-10,12-13H2,1H3,(H,20,25)/t16-,17-,18-/m0/s1. The Bertz CT molecular complexity index is 722. The van der Waals surface area contributed by atoms with Crippen molar-refractivity contribution in [3.8, 4) is 0 Å². The molecule has 0 saturated carbocycles. The van der Waals surface area contributed by atoms with Crippen molar-refractivity contribution in [2.24, 2.45) is 0 Å². The molecule has 1 aliphatic rings. The van der Waals surface area contributed by atoms with Gasteiger partial charge < -0.3 is 19.9 Å². The normalized spacial score (nSPS) is 22.5. The summed E-state index contributed by atoms with van der Waals surface area (Å²) in [6.07, 6.45) is 3.82. The molecule has 2 aromatic rings. The average molecular weight is 374 g/mol. The first-order valence-electron chi connectivity index (χ1n) is 9.19. The number of ether oxygens (including phenoxy) is 2. The number of aryl methyl sites for hydroxylation is 1. The molecular weight excluding hydrogens is 348 g/mol. The summed E-state index contributed by atoms with van der Waals surface area (Å²) in [5.41, 5.74) is 1.40. The topological polar surface area (TPSA) is 98.5 Å². The number of amides is 1. The summed E-state index contributed by atoms with van der Waals surface area (Å²) in [6, 6.07) is 8.87. The summed E-state index contributed by atoms with van der Waals surface area (Å²) < 4.78 is 12.8. The molecule has 0 bridgehead atoms. The molecule has 0 radical (unpaired) electrons. The first-order valence-corrected chi connectivity index (χ1v) is 9.19. The van der Waals surface area contributed by atoms with Gasteiger partial charge in [-0.1, -0.05) is 23.4 Å². The Balaban J connectivity index is 1.49. The van der Waals surface area contributed by atoms with Crippen LogP contribution in [0, 0.1) is 0 Å². The molecule has 27 heavy (non-hydrogen) atoms. The highest BCUT2D eigenvalue weighted by Crippen LogP contribution is 2.22. The highest BCUT2D eigenvalue weighted by molar-refractivity contribution is 5.94. The van der Waals surface area contributed by atoms with Gasteiger partial charge in [0.15, 0.2) is 0 Å². The summed E-state index contributed by atoms with van der Waals surface area (Å²) >= 11 is 0. The van der Waals surface area contributed by atoms with Gasteiger partial charge in [-0.25, -0.2) is 0 Å². The van der Waals surface area contributed by atoms with E-state index in [9.17, 15) is 9.90 Å². The van der Waals surface area contributed by atoms with Gasteiger partial charge in [-0.2, -0.15) is 0 Å². The first-order chi connectivity index (χ1) is 13.2. The minimum absolute atomic E-state index is 0.0158. The van der Waals surface area contributed by atoms with Gasteiger partial charge in [0.1, 0.15) is 11.8 Å². The minimum atomic E-state index is -0.406. The SMILES string of the molecule is COCc1cn(CC[C@@H]2CC[C@H](NC(=O)c3ccccc3)[C@H](CO)O2)nn1. The second-order valence-electron chi connectivity index (χ2n) is 6.70. The fourth-order valence-corrected chi connectivity index (χ4v) is 3.29. The molecule has 0 spiro atoms. The number of benzene rings is 1. The quantitative estimate of drug-likeness (QED) is 0.719. The molecule has 3 atom stereocenters. The predicted octanol–water partition coefficient (Wildman–Crippen LogP) is 1.15. The molecule has 8 nitrogen and oxygen atoms in total. The molecule has 1 amide bonds. The van der Waals surface area contributed by atoms with Crippen molar-refractivity contribution in [2.75, 3.05) is 13.7 Å². The number of hydrogen-bond acceptors (Lipinski definition) is 6. The van der Waals surface area contributed by atoms with Gasteiger partial charge in [-0.3, -0.25) is 9.48 Å². The van der Waals surface area contributed by atoms with Crippen LogP contribution in [0.2, 0.25) is 0 Å². The van der Waals surface area contributed by atoms with Crippen molar-refractivity contribution in [1.29, 1.82) is 0 Å². The van der Waals surface area contributed by atoms with Crippen molar-refractivity contribution in [1.82, 2.24) is 20.3 Å². The highest BCUT2D eigenvalue weighted by Gasteiger charge is 2.32. The number of nitrogens with one attached hydrogen (secondary N) is 1. The number of rotatable bonds is 8.